The Kier molecular flexibility index (Phi) is 5.06. The Balaban J connectivity index is 1.77. The fraction of sp³-hybridized carbons (Fsp3) is 0.0870. The maximum atomic E-state index is 14.4. The first-order valence-electron chi connectivity index (χ1n) is 9.07. The summed E-state index contributed by atoms with van der Waals surface area (Å²) < 4.78 is 14.4. The van der Waals surface area contributed by atoms with Gasteiger partial charge in [-0.1, -0.05) is 48.5 Å². The quantitative estimate of drug-likeness (QED) is 0.503. The Morgan fingerprint density at radius 1 is 0.821 bits per heavy atom. The molecule has 2 aromatic carbocycles. The molecule has 2 aromatic heterocycles. The van der Waals surface area contributed by atoms with Crippen molar-refractivity contribution in [3.8, 4) is 22.8 Å². The van der Waals surface area contributed by atoms with Crippen molar-refractivity contribution in [2.45, 2.75) is 13.0 Å². The van der Waals surface area contributed by atoms with E-state index in [1.54, 1.807) is 30.5 Å². The number of halogens is 1. The summed E-state index contributed by atoms with van der Waals surface area (Å²) in [6.45, 7) is 2.06. The monoisotopic (exact) mass is 370 g/mol. The maximum absolute atomic E-state index is 14.4. The Bertz CT molecular complexity index is 1070. The van der Waals surface area contributed by atoms with Crippen molar-refractivity contribution in [3.05, 3.63) is 96.4 Å². The Morgan fingerprint density at radius 3 is 2.32 bits per heavy atom. The highest BCUT2D eigenvalue weighted by Gasteiger charge is 2.14. The highest BCUT2D eigenvalue weighted by atomic mass is 19.1. The van der Waals surface area contributed by atoms with E-state index in [-0.39, 0.29) is 11.9 Å². The van der Waals surface area contributed by atoms with Gasteiger partial charge >= 0.3 is 0 Å². The molecule has 0 saturated carbocycles. The van der Waals surface area contributed by atoms with Gasteiger partial charge < -0.3 is 5.32 Å². The summed E-state index contributed by atoms with van der Waals surface area (Å²) in [5.41, 5.74) is 2.71. The molecule has 1 atom stereocenters. The number of aromatic nitrogens is 3. The zero-order valence-corrected chi connectivity index (χ0v) is 15.4. The zero-order chi connectivity index (χ0) is 19.3. The minimum atomic E-state index is -0.324. The molecule has 2 heterocycles. The highest BCUT2D eigenvalue weighted by molar-refractivity contribution is 5.67. The molecule has 138 valence electrons. The van der Waals surface area contributed by atoms with Crippen molar-refractivity contribution in [2.75, 3.05) is 5.32 Å². The third-order valence-electron chi connectivity index (χ3n) is 4.43. The summed E-state index contributed by atoms with van der Waals surface area (Å²) in [5.74, 6) is 0.740. The molecule has 1 unspecified atom stereocenters. The molecule has 28 heavy (non-hydrogen) atoms. The Morgan fingerprint density at radius 2 is 1.57 bits per heavy atom. The lowest BCUT2D eigenvalue weighted by Gasteiger charge is -2.16. The number of rotatable bonds is 5. The van der Waals surface area contributed by atoms with Crippen LogP contribution < -0.4 is 5.32 Å². The first kappa shape index (κ1) is 17.8. The molecule has 4 aromatic rings. The van der Waals surface area contributed by atoms with E-state index in [0.717, 1.165) is 5.56 Å². The molecule has 0 aliphatic heterocycles. The molecule has 0 spiro atoms. The Hall–Kier alpha value is -3.60. The van der Waals surface area contributed by atoms with Crippen LogP contribution in [0.4, 0.5) is 10.2 Å². The summed E-state index contributed by atoms with van der Waals surface area (Å²) in [4.78, 5) is 13.5. The van der Waals surface area contributed by atoms with Crippen LogP contribution in [-0.4, -0.2) is 15.0 Å². The molecule has 0 radical (unpaired) electrons. The van der Waals surface area contributed by atoms with Crippen LogP contribution in [0.2, 0.25) is 0 Å². The lowest BCUT2D eigenvalue weighted by Crippen LogP contribution is -2.09. The second-order valence-electron chi connectivity index (χ2n) is 6.43. The van der Waals surface area contributed by atoms with E-state index in [9.17, 15) is 4.39 Å². The minimum absolute atomic E-state index is 0.0288. The number of hydrogen-bond donors (Lipinski definition) is 1. The van der Waals surface area contributed by atoms with E-state index in [0.29, 0.717) is 28.6 Å². The molecule has 0 amide bonds. The minimum Gasteiger partial charge on any atom is -0.363 e. The summed E-state index contributed by atoms with van der Waals surface area (Å²) in [6, 6.07) is 24.0. The van der Waals surface area contributed by atoms with Crippen molar-refractivity contribution in [1.29, 1.82) is 0 Å². The molecule has 0 aliphatic rings. The first-order valence-corrected chi connectivity index (χ1v) is 9.07. The summed E-state index contributed by atoms with van der Waals surface area (Å²) in [7, 11) is 0. The number of hydrogen-bond acceptors (Lipinski definition) is 4. The number of nitrogens with zero attached hydrogens (tertiary/aromatic N) is 3. The van der Waals surface area contributed by atoms with Crippen molar-refractivity contribution in [3.63, 3.8) is 0 Å². The first-order chi connectivity index (χ1) is 13.7. The standard InChI is InChI=1S/C23H19FN4/c1-16(17-9-3-2-4-10-17)26-22-15-21(18-11-5-6-12-19(18)24)27-23(28-22)20-13-7-8-14-25-20/h2-16H,1H3,(H,26,27,28). The zero-order valence-electron chi connectivity index (χ0n) is 15.4. The van der Waals surface area contributed by atoms with Gasteiger partial charge in [-0.2, -0.15) is 0 Å². The van der Waals surface area contributed by atoms with E-state index in [1.165, 1.54) is 6.07 Å². The molecular weight excluding hydrogens is 351 g/mol. The van der Waals surface area contributed by atoms with Crippen LogP contribution in [0.1, 0.15) is 18.5 Å². The van der Waals surface area contributed by atoms with E-state index in [2.05, 4.69) is 39.3 Å². The molecule has 4 nitrogen and oxygen atoms in total. The molecule has 1 N–H and O–H groups in total. The second kappa shape index (κ2) is 7.96. The van der Waals surface area contributed by atoms with Crippen molar-refractivity contribution in [1.82, 2.24) is 15.0 Å². The fourth-order valence-corrected chi connectivity index (χ4v) is 2.98. The third-order valence-corrected chi connectivity index (χ3v) is 4.43. The van der Waals surface area contributed by atoms with Crippen LogP contribution in [0.15, 0.2) is 85.1 Å². The van der Waals surface area contributed by atoms with Gasteiger partial charge in [-0.3, -0.25) is 4.98 Å². The number of anilines is 1. The van der Waals surface area contributed by atoms with Crippen LogP contribution in [-0.2, 0) is 0 Å². The van der Waals surface area contributed by atoms with Gasteiger partial charge in [0.05, 0.1) is 5.69 Å². The van der Waals surface area contributed by atoms with E-state index >= 15 is 0 Å². The predicted molar refractivity (Wildman–Crippen MR) is 109 cm³/mol. The normalized spacial score (nSPS) is 11.8. The van der Waals surface area contributed by atoms with Gasteiger partial charge in [0.2, 0.25) is 0 Å². The number of pyridine rings is 1. The van der Waals surface area contributed by atoms with Crippen LogP contribution >= 0.6 is 0 Å². The van der Waals surface area contributed by atoms with E-state index in [1.807, 2.05) is 36.4 Å². The SMILES string of the molecule is CC(Nc1cc(-c2ccccc2F)nc(-c2ccccn2)n1)c1ccccc1. The molecular formula is C23H19FN4. The molecule has 0 bridgehead atoms. The number of benzene rings is 2. The van der Waals surface area contributed by atoms with Crippen molar-refractivity contribution >= 4 is 5.82 Å². The lowest BCUT2D eigenvalue weighted by atomic mass is 10.1. The average molecular weight is 370 g/mol. The van der Waals surface area contributed by atoms with Gasteiger partial charge in [0.1, 0.15) is 17.3 Å². The highest BCUT2D eigenvalue weighted by Crippen LogP contribution is 2.27. The van der Waals surface area contributed by atoms with Gasteiger partial charge in [0, 0.05) is 23.9 Å². The van der Waals surface area contributed by atoms with Gasteiger partial charge in [0.15, 0.2) is 5.82 Å². The summed E-state index contributed by atoms with van der Waals surface area (Å²) in [5, 5.41) is 3.40. The predicted octanol–water partition coefficient (Wildman–Crippen LogP) is 5.52. The fourth-order valence-electron chi connectivity index (χ4n) is 2.98. The second-order valence-corrected chi connectivity index (χ2v) is 6.43. The van der Waals surface area contributed by atoms with Crippen LogP contribution in [0.5, 0.6) is 0 Å². The Labute approximate surface area is 163 Å². The number of nitrogens with one attached hydrogen (secondary N) is 1. The summed E-state index contributed by atoms with van der Waals surface area (Å²) in [6.07, 6.45) is 1.69. The topological polar surface area (TPSA) is 50.7 Å². The van der Waals surface area contributed by atoms with Crippen molar-refractivity contribution < 1.29 is 4.39 Å². The van der Waals surface area contributed by atoms with E-state index < -0.39 is 0 Å². The molecule has 0 aliphatic carbocycles. The molecule has 4 rings (SSSR count). The van der Waals surface area contributed by atoms with Crippen LogP contribution in [0.25, 0.3) is 22.8 Å². The van der Waals surface area contributed by atoms with Crippen LogP contribution in [0, 0.1) is 5.82 Å². The van der Waals surface area contributed by atoms with Gasteiger partial charge in [0.25, 0.3) is 0 Å². The van der Waals surface area contributed by atoms with E-state index in [4.69, 9.17) is 0 Å². The molecule has 0 fully saturated rings. The van der Waals surface area contributed by atoms with Gasteiger partial charge in [-0.25, -0.2) is 14.4 Å². The lowest BCUT2D eigenvalue weighted by molar-refractivity contribution is 0.630. The largest absolute Gasteiger partial charge is 0.363 e. The van der Waals surface area contributed by atoms with Gasteiger partial charge in [-0.15, -0.1) is 0 Å². The summed E-state index contributed by atoms with van der Waals surface area (Å²) >= 11 is 0. The smallest absolute Gasteiger partial charge is 0.180 e. The van der Waals surface area contributed by atoms with Crippen LogP contribution in [0.3, 0.4) is 0 Å². The molecule has 5 heteroatoms. The third kappa shape index (κ3) is 3.88. The molecule has 0 saturated heterocycles. The van der Waals surface area contributed by atoms with Crippen molar-refractivity contribution in [2.24, 2.45) is 0 Å². The average Bonchev–Trinajstić information content (AvgIpc) is 2.75. The van der Waals surface area contributed by atoms with Gasteiger partial charge in [-0.05, 0) is 36.8 Å². The maximum Gasteiger partial charge on any atom is 0.180 e.